The van der Waals surface area contributed by atoms with Gasteiger partial charge in [-0.15, -0.1) is 11.3 Å². The molecule has 2 N–H and O–H groups in total. The van der Waals surface area contributed by atoms with Crippen molar-refractivity contribution in [2.24, 2.45) is 0 Å². The van der Waals surface area contributed by atoms with Crippen LogP contribution in [-0.2, 0) is 17.9 Å². The van der Waals surface area contributed by atoms with Gasteiger partial charge in [0, 0.05) is 41.9 Å². The predicted molar refractivity (Wildman–Crippen MR) is 117 cm³/mol. The highest BCUT2D eigenvalue weighted by Gasteiger charge is 2.11. The monoisotopic (exact) mass is 434 g/mol. The van der Waals surface area contributed by atoms with Crippen LogP contribution in [0.1, 0.15) is 15.9 Å². The van der Waals surface area contributed by atoms with Crippen LogP contribution in [0.3, 0.4) is 0 Å². The summed E-state index contributed by atoms with van der Waals surface area (Å²) in [5.74, 6) is -0.786. The number of thiazole rings is 1. The minimum Gasteiger partial charge on any atom is -0.322 e. The quantitative estimate of drug-likeness (QED) is 0.464. The lowest BCUT2D eigenvalue weighted by molar-refractivity contribution is -0.116. The van der Waals surface area contributed by atoms with Crippen molar-refractivity contribution in [3.05, 3.63) is 94.1 Å². The third kappa shape index (κ3) is 5.31. The molecule has 0 saturated carbocycles. The van der Waals surface area contributed by atoms with Gasteiger partial charge >= 0.3 is 0 Å². The molecular weight excluding hydrogens is 416 g/mol. The molecule has 0 aliphatic carbocycles. The van der Waals surface area contributed by atoms with Gasteiger partial charge in [-0.3, -0.25) is 19.1 Å². The lowest BCUT2D eigenvalue weighted by Crippen LogP contribution is -2.28. The van der Waals surface area contributed by atoms with E-state index in [1.54, 1.807) is 28.5 Å². The Balaban J connectivity index is 1.44. The second kappa shape index (κ2) is 9.18. The summed E-state index contributed by atoms with van der Waals surface area (Å²) in [4.78, 5) is 40.9. The molecule has 0 aliphatic heterocycles. The zero-order valence-corrected chi connectivity index (χ0v) is 17.1. The van der Waals surface area contributed by atoms with Gasteiger partial charge in [0.05, 0.1) is 12.1 Å². The molecule has 9 nitrogen and oxygen atoms in total. The van der Waals surface area contributed by atoms with Gasteiger partial charge in [-0.05, 0) is 29.8 Å². The van der Waals surface area contributed by atoms with Crippen LogP contribution >= 0.6 is 11.3 Å². The van der Waals surface area contributed by atoms with Crippen LogP contribution in [0.4, 0.5) is 10.8 Å². The number of amides is 2. The van der Waals surface area contributed by atoms with Crippen LogP contribution in [0.25, 0.3) is 0 Å². The molecular formula is C21H18N6O3S. The molecule has 0 atom stereocenters. The summed E-state index contributed by atoms with van der Waals surface area (Å²) >= 11 is 1.28. The molecule has 31 heavy (non-hydrogen) atoms. The van der Waals surface area contributed by atoms with Gasteiger partial charge in [0.15, 0.2) is 5.13 Å². The SMILES string of the molecule is O=C(Cn1cc(C(=O)Nc2cccc(Cn3cccn3)c2)ccc1=O)Nc1nccs1. The van der Waals surface area contributed by atoms with Crippen molar-refractivity contribution in [2.75, 3.05) is 10.6 Å². The predicted octanol–water partition coefficient (Wildman–Crippen LogP) is 2.44. The normalized spacial score (nSPS) is 10.6. The fourth-order valence-electron chi connectivity index (χ4n) is 2.92. The number of hydrogen-bond donors (Lipinski definition) is 2. The van der Waals surface area contributed by atoms with Crippen LogP contribution in [-0.4, -0.2) is 31.1 Å². The maximum atomic E-state index is 12.7. The van der Waals surface area contributed by atoms with Gasteiger partial charge in [-0.2, -0.15) is 5.10 Å². The Morgan fingerprint density at radius 2 is 1.97 bits per heavy atom. The number of nitrogens with zero attached hydrogens (tertiary/aromatic N) is 4. The molecule has 4 aromatic rings. The first kappa shape index (κ1) is 20.2. The molecule has 10 heteroatoms. The first-order valence-corrected chi connectivity index (χ1v) is 10.2. The molecule has 0 aliphatic rings. The highest BCUT2D eigenvalue weighted by atomic mass is 32.1. The van der Waals surface area contributed by atoms with Gasteiger partial charge in [-0.25, -0.2) is 4.98 Å². The summed E-state index contributed by atoms with van der Waals surface area (Å²) in [6.07, 6.45) is 6.51. The average molecular weight is 434 g/mol. The van der Waals surface area contributed by atoms with Crippen LogP contribution < -0.4 is 16.2 Å². The van der Waals surface area contributed by atoms with Crippen LogP contribution in [0.2, 0.25) is 0 Å². The Morgan fingerprint density at radius 3 is 2.74 bits per heavy atom. The summed E-state index contributed by atoms with van der Waals surface area (Å²) in [5, 5.41) is 11.8. The highest BCUT2D eigenvalue weighted by Crippen LogP contribution is 2.13. The maximum Gasteiger partial charge on any atom is 0.257 e. The molecule has 0 bridgehead atoms. The van der Waals surface area contributed by atoms with E-state index in [4.69, 9.17) is 0 Å². The Bertz CT molecular complexity index is 1250. The number of rotatable bonds is 7. The molecule has 3 heterocycles. The molecule has 0 fully saturated rings. The summed E-state index contributed by atoms with van der Waals surface area (Å²) in [6.45, 7) is 0.356. The first-order valence-electron chi connectivity index (χ1n) is 9.34. The highest BCUT2D eigenvalue weighted by molar-refractivity contribution is 7.13. The van der Waals surface area contributed by atoms with Crippen molar-refractivity contribution in [1.82, 2.24) is 19.3 Å². The fourth-order valence-corrected chi connectivity index (χ4v) is 3.46. The molecule has 3 aromatic heterocycles. The van der Waals surface area contributed by atoms with E-state index < -0.39 is 5.91 Å². The minimum absolute atomic E-state index is 0.223. The van der Waals surface area contributed by atoms with Gasteiger partial charge in [0.2, 0.25) is 5.91 Å². The van der Waals surface area contributed by atoms with E-state index in [0.717, 1.165) is 5.56 Å². The number of carbonyl (C=O) groups excluding carboxylic acids is 2. The van der Waals surface area contributed by atoms with Gasteiger partial charge in [0.1, 0.15) is 6.54 Å². The lowest BCUT2D eigenvalue weighted by Gasteiger charge is -2.10. The Kier molecular flexibility index (Phi) is 5.99. The van der Waals surface area contributed by atoms with Crippen molar-refractivity contribution in [3.63, 3.8) is 0 Å². The maximum absolute atomic E-state index is 12.7. The van der Waals surface area contributed by atoms with E-state index in [9.17, 15) is 14.4 Å². The van der Waals surface area contributed by atoms with Gasteiger partial charge in [0.25, 0.3) is 11.5 Å². The number of carbonyl (C=O) groups is 2. The van der Waals surface area contributed by atoms with Crippen molar-refractivity contribution >= 4 is 34.0 Å². The number of nitrogens with one attached hydrogen (secondary N) is 2. The number of anilines is 2. The largest absolute Gasteiger partial charge is 0.322 e. The molecule has 4 rings (SSSR count). The van der Waals surface area contributed by atoms with E-state index in [0.29, 0.717) is 17.4 Å². The Hall–Kier alpha value is -4.05. The van der Waals surface area contributed by atoms with E-state index in [-0.39, 0.29) is 23.6 Å². The Morgan fingerprint density at radius 1 is 1.06 bits per heavy atom. The smallest absolute Gasteiger partial charge is 0.257 e. The van der Waals surface area contributed by atoms with Gasteiger partial charge < -0.3 is 15.2 Å². The van der Waals surface area contributed by atoms with Crippen LogP contribution in [0.15, 0.2) is 77.4 Å². The third-order valence-electron chi connectivity index (χ3n) is 4.33. The fraction of sp³-hybridized carbons (Fsp3) is 0.0952. The zero-order valence-electron chi connectivity index (χ0n) is 16.3. The summed E-state index contributed by atoms with van der Waals surface area (Å²) < 4.78 is 2.97. The molecule has 0 saturated heterocycles. The Labute approximate surface area is 181 Å². The van der Waals surface area contributed by atoms with E-state index in [1.807, 2.05) is 30.5 Å². The van der Waals surface area contributed by atoms with E-state index in [2.05, 4.69) is 20.7 Å². The second-order valence-electron chi connectivity index (χ2n) is 6.63. The standard InChI is InChI=1S/C21H18N6O3S/c28-18(25-21-22-8-10-31-21)14-26-13-16(5-6-19(26)29)20(30)24-17-4-1-3-15(11-17)12-27-9-2-7-23-27/h1-11,13H,12,14H2,(H,24,30)(H,22,25,28). The molecule has 0 radical (unpaired) electrons. The first-order chi connectivity index (χ1) is 15.1. The number of hydrogen-bond acceptors (Lipinski definition) is 6. The van der Waals surface area contributed by atoms with E-state index in [1.165, 1.54) is 34.2 Å². The summed E-state index contributed by atoms with van der Waals surface area (Å²) in [5.41, 5.74) is 1.48. The van der Waals surface area contributed by atoms with Crippen molar-refractivity contribution in [3.8, 4) is 0 Å². The second-order valence-corrected chi connectivity index (χ2v) is 7.52. The van der Waals surface area contributed by atoms with E-state index >= 15 is 0 Å². The summed E-state index contributed by atoms with van der Waals surface area (Å²) in [7, 11) is 0. The number of pyridine rings is 1. The van der Waals surface area contributed by atoms with Crippen molar-refractivity contribution < 1.29 is 9.59 Å². The molecule has 0 unspecified atom stereocenters. The molecule has 2 amide bonds. The van der Waals surface area contributed by atoms with Crippen molar-refractivity contribution in [1.29, 1.82) is 0 Å². The van der Waals surface area contributed by atoms with Crippen LogP contribution in [0.5, 0.6) is 0 Å². The minimum atomic E-state index is -0.402. The molecule has 156 valence electrons. The van der Waals surface area contributed by atoms with Gasteiger partial charge in [-0.1, -0.05) is 12.1 Å². The molecule has 0 spiro atoms. The van der Waals surface area contributed by atoms with Crippen molar-refractivity contribution in [2.45, 2.75) is 13.1 Å². The molecule has 1 aromatic carbocycles. The third-order valence-corrected chi connectivity index (χ3v) is 5.02. The van der Waals surface area contributed by atoms with Crippen LogP contribution in [0, 0.1) is 0 Å². The zero-order chi connectivity index (χ0) is 21.6. The topological polar surface area (TPSA) is 111 Å². The lowest BCUT2D eigenvalue weighted by atomic mass is 10.2. The number of aromatic nitrogens is 4. The summed E-state index contributed by atoms with van der Waals surface area (Å²) in [6, 6.07) is 12.0. The number of benzene rings is 1. The average Bonchev–Trinajstić information content (AvgIpc) is 3.44.